The number of fused-ring (bicyclic) bond motifs is 2. The molecule has 230 valence electrons. The summed E-state index contributed by atoms with van der Waals surface area (Å²) in [4.78, 5) is 12.8. The summed E-state index contributed by atoms with van der Waals surface area (Å²) in [7, 11) is -13.4. The zero-order valence-electron chi connectivity index (χ0n) is 21.6. The summed E-state index contributed by atoms with van der Waals surface area (Å²) in [5, 5.41) is 1.94. The first-order valence-corrected chi connectivity index (χ1v) is 14.7. The van der Waals surface area contributed by atoms with Gasteiger partial charge >= 0.3 is 39.6 Å². The van der Waals surface area contributed by atoms with Crippen molar-refractivity contribution in [1.29, 1.82) is 0 Å². The molecule has 0 spiro atoms. The Bertz CT molecular complexity index is 1670. The molecule has 2 fully saturated rings. The van der Waals surface area contributed by atoms with Crippen LogP contribution < -0.4 is 0 Å². The minimum absolute atomic E-state index is 0. The second-order valence-electron chi connectivity index (χ2n) is 8.64. The van der Waals surface area contributed by atoms with E-state index in [1.807, 2.05) is 106 Å². The van der Waals surface area contributed by atoms with Crippen molar-refractivity contribution in [3.05, 3.63) is 133 Å². The Balaban J connectivity index is 0.000000218. The van der Waals surface area contributed by atoms with Crippen molar-refractivity contribution in [2.45, 2.75) is 11.0 Å². The second-order valence-corrected chi connectivity index (χ2v) is 12.1. The molecule has 0 N–H and O–H groups in total. The number of alkyl halides is 6. The predicted octanol–water partition coefficient (Wildman–Crippen LogP) is 6.76. The van der Waals surface area contributed by atoms with Crippen molar-refractivity contribution in [3.63, 3.8) is 0 Å². The van der Waals surface area contributed by atoms with Crippen molar-refractivity contribution < 1.29 is 69.5 Å². The molecule has 10 radical (unpaired) electrons. The number of nitrogens with zero attached hydrogens (tertiary/aromatic N) is 1. The van der Waals surface area contributed by atoms with Gasteiger partial charge in [0.25, 0.3) is 0 Å². The molecule has 0 aliphatic heterocycles. The summed E-state index contributed by atoms with van der Waals surface area (Å²) in [6.07, 6.45) is 18.0. The number of carbonyl (C=O) groups is 1. The van der Waals surface area contributed by atoms with E-state index in [0.717, 1.165) is 37.9 Å². The van der Waals surface area contributed by atoms with E-state index < -0.39 is 31.1 Å². The molecule has 2 aromatic carbocycles. The Morgan fingerprint density at radius 1 is 0.636 bits per heavy atom. The van der Waals surface area contributed by atoms with Crippen molar-refractivity contribution in [1.82, 2.24) is 0 Å². The Hall–Kier alpha value is -2.52. The van der Waals surface area contributed by atoms with Gasteiger partial charge in [-0.3, -0.25) is 4.79 Å². The number of rotatable bonds is 3. The molecule has 3 aliphatic carbocycles. The van der Waals surface area contributed by atoms with Gasteiger partial charge in [0.2, 0.25) is 0 Å². The first-order chi connectivity index (χ1) is 20.0. The first-order valence-electron chi connectivity index (χ1n) is 11.8. The van der Waals surface area contributed by atoms with Gasteiger partial charge in [-0.25, -0.2) is 21.3 Å². The van der Waals surface area contributed by atoms with Crippen LogP contribution in [0.1, 0.15) is 21.7 Å². The molecule has 16 heteroatoms. The van der Waals surface area contributed by atoms with Crippen molar-refractivity contribution in [2.75, 3.05) is 0 Å². The van der Waals surface area contributed by atoms with Gasteiger partial charge in [0.05, 0.1) is 10.9 Å². The fourth-order valence-corrected chi connectivity index (χ4v) is 5.60. The van der Waals surface area contributed by atoms with E-state index in [-0.39, 0.29) is 22.9 Å². The fourth-order valence-electron chi connectivity index (χ4n) is 3.89. The average Bonchev–Trinajstić information content (AvgIpc) is 3.68. The van der Waals surface area contributed by atoms with Crippen LogP contribution in [0.3, 0.4) is 0 Å². The Kier molecular flexibility index (Phi) is 11.3. The van der Waals surface area contributed by atoms with E-state index in [0.29, 0.717) is 11.1 Å². The molecule has 2 saturated carbocycles. The fraction of sp³-hybridized carbons (Fsp3) is 0.0714. The summed E-state index contributed by atoms with van der Waals surface area (Å²) in [5.74, 6) is 2.71. The predicted molar refractivity (Wildman–Crippen MR) is 144 cm³/mol. The van der Waals surface area contributed by atoms with E-state index in [4.69, 9.17) is 4.42 Å². The maximum absolute atomic E-state index is 12.8. The van der Waals surface area contributed by atoms with Crippen LogP contribution in [0, 0.1) is 63.7 Å². The molecule has 0 saturated heterocycles. The monoisotopic (exact) mass is 697 g/mol. The van der Waals surface area contributed by atoms with Crippen molar-refractivity contribution >= 4 is 36.6 Å². The molecule has 1 heterocycles. The van der Waals surface area contributed by atoms with Crippen LogP contribution in [-0.2, 0) is 37.1 Å². The molecule has 0 amide bonds. The smallest absolute Gasteiger partial charge is 0.421 e. The number of ketones is 1. The van der Waals surface area contributed by atoms with E-state index in [9.17, 15) is 48.0 Å². The Morgan fingerprint density at radius 2 is 1.11 bits per heavy atom. The quantitative estimate of drug-likeness (QED) is 0.133. The van der Waals surface area contributed by atoms with Gasteiger partial charge in [0, 0.05) is 22.6 Å². The third-order valence-electron chi connectivity index (χ3n) is 5.77. The average molecular weight is 697 g/mol. The molecule has 44 heavy (non-hydrogen) atoms. The number of hydrogen-bond donors (Lipinski definition) is 0. The second kappa shape index (κ2) is 13.9. The number of benzene rings is 2. The third kappa shape index (κ3) is 7.82. The van der Waals surface area contributed by atoms with Crippen LogP contribution in [0.5, 0.6) is 0 Å². The minimum atomic E-state index is -6.72. The van der Waals surface area contributed by atoms with Crippen LogP contribution in [-0.4, -0.2) is 33.6 Å². The molecular weight excluding hydrogens is 680 g/mol. The zero-order chi connectivity index (χ0) is 31.6. The van der Waals surface area contributed by atoms with Gasteiger partial charge in [-0.1, -0.05) is 36.4 Å². The summed E-state index contributed by atoms with van der Waals surface area (Å²) in [5.41, 5.74) is -10.1. The maximum atomic E-state index is 12.8. The van der Waals surface area contributed by atoms with Crippen molar-refractivity contribution in [2.24, 2.45) is 0 Å². The molecule has 0 unspecified atom stereocenters. The van der Waals surface area contributed by atoms with Crippen molar-refractivity contribution in [3.8, 4) is 11.3 Å². The SMILES string of the molecule is O=C1c2ccccc2-c2[o+]c([C]3[CH][CH][CH][CH]3)cc3cccc1c23.O=S(=O)([N-]S(=O)(=O)C(F)(F)F)C(F)(F)F.[CH]1[CH][CH][CH][CH]1.[Fe+2]. The van der Waals surface area contributed by atoms with Gasteiger partial charge in [-0.2, -0.15) is 26.3 Å². The summed E-state index contributed by atoms with van der Waals surface area (Å²) in [6, 6.07) is 15.5. The normalized spacial score (nSPS) is 16.7. The van der Waals surface area contributed by atoms with Gasteiger partial charge in [0.15, 0.2) is 25.8 Å². The van der Waals surface area contributed by atoms with E-state index in [1.165, 1.54) is 0 Å². The van der Waals surface area contributed by atoms with Gasteiger partial charge in [-0.05, 0) is 63.9 Å². The van der Waals surface area contributed by atoms with Crippen LogP contribution in [0.2, 0.25) is 0 Å². The van der Waals surface area contributed by atoms with E-state index >= 15 is 0 Å². The van der Waals surface area contributed by atoms with Crippen LogP contribution in [0.25, 0.3) is 26.2 Å². The summed E-state index contributed by atoms with van der Waals surface area (Å²) in [6.45, 7) is 0. The van der Waals surface area contributed by atoms with E-state index in [2.05, 4.69) is 0 Å². The molecule has 1 aromatic heterocycles. The largest absolute Gasteiger partial charge is 2.00 e. The number of halogens is 6. The topological polar surface area (TPSA) is 111 Å². The Morgan fingerprint density at radius 3 is 1.61 bits per heavy atom. The van der Waals surface area contributed by atoms with Gasteiger partial charge < -0.3 is 4.13 Å². The van der Waals surface area contributed by atoms with Gasteiger partial charge in [-0.15, -0.1) is 0 Å². The Labute approximate surface area is 261 Å². The molecular formula is C28H17F6FeNO6S2+2. The zero-order valence-corrected chi connectivity index (χ0v) is 24.4. The molecule has 3 aliphatic rings. The summed E-state index contributed by atoms with van der Waals surface area (Å²) >= 11 is 0. The van der Waals surface area contributed by atoms with Crippen LogP contribution in [0.15, 0.2) is 52.9 Å². The number of hydrogen-bond acceptors (Lipinski definition) is 5. The van der Waals surface area contributed by atoms with Gasteiger partial charge in [0.1, 0.15) is 5.92 Å². The molecule has 6 rings (SSSR count). The van der Waals surface area contributed by atoms with Crippen LogP contribution in [0.4, 0.5) is 26.3 Å². The molecule has 3 aromatic rings. The number of sulfonamides is 2. The first kappa shape index (κ1) is 36.0. The minimum Gasteiger partial charge on any atom is -0.421 e. The molecule has 7 nitrogen and oxygen atoms in total. The molecule has 0 bridgehead atoms. The number of carbonyl (C=O) groups excluding carboxylic acids is 1. The van der Waals surface area contributed by atoms with E-state index in [1.54, 1.807) is 0 Å². The third-order valence-corrected chi connectivity index (χ3v) is 8.51. The summed E-state index contributed by atoms with van der Waals surface area (Å²) < 4.78 is 115. The molecule has 0 atom stereocenters. The van der Waals surface area contributed by atoms with Crippen LogP contribution >= 0.6 is 0 Å². The standard InChI is InChI=1S/C21H12O2.C5H5.C2F6NO4S2.Fe/c22-20-15-9-3-4-10-16(15)21-19-14(8-5-11-17(19)20)12-18(23-21)13-6-1-2-7-13;1-2-4-5-3-1;3-1(4,5)14(10,11)9-15(12,13)2(6,7)8;/h1-12H;1-5H;;/q+1;;-1;+2. The maximum Gasteiger partial charge on any atom is 2.00 e.